The highest BCUT2D eigenvalue weighted by molar-refractivity contribution is 4.84. The minimum Gasteiger partial charge on any atom is -0.312 e. The van der Waals surface area contributed by atoms with E-state index in [1.807, 2.05) is 0 Å². The summed E-state index contributed by atoms with van der Waals surface area (Å²) in [4.78, 5) is 2.71. The van der Waals surface area contributed by atoms with Gasteiger partial charge in [0.1, 0.15) is 0 Å². The minimum atomic E-state index is 0.749. The zero-order valence-electron chi connectivity index (χ0n) is 11.0. The molecule has 2 heteroatoms. The van der Waals surface area contributed by atoms with E-state index in [0.717, 1.165) is 17.9 Å². The molecule has 0 bridgehead atoms. The Balaban J connectivity index is 1.77. The molecule has 1 saturated heterocycles. The van der Waals surface area contributed by atoms with E-state index in [-0.39, 0.29) is 0 Å². The molecule has 1 aliphatic carbocycles. The monoisotopic (exact) mass is 224 g/mol. The second-order valence-electron chi connectivity index (χ2n) is 5.88. The van der Waals surface area contributed by atoms with Crippen molar-refractivity contribution < 1.29 is 0 Å². The summed E-state index contributed by atoms with van der Waals surface area (Å²) in [5, 5.41) is 3.71. The molecule has 2 unspecified atom stereocenters. The van der Waals surface area contributed by atoms with E-state index in [9.17, 15) is 0 Å². The first-order chi connectivity index (χ1) is 7.79. The van der Waals surface area contributed by atoms with Crippen LogP contribution in [0.3, 0.4) is 0 Å². The van der Waals surface area contributed by atoms with Gasteiger partial charge in [-0.3, -0.25) is 0 Å². The van der Waals surface area contributed by atoms with Crippen molar-refractivity contribution >= 4 is 0 Å². The number of nitrogens with zero attached hydrogens (tertiary/aromatic N) is 1. The van der Waals surface area contributed by atoms with Crippen molar-refractivity contribution in [2.75, 3.05) is 26.2 Å². The first-order valence-corrected chi connectivity index (χ1v) is 7.25. The third-order valence-corrected chi connectivity index (χ3v) is 4.14. The molecule has 2 fully saturated rings. The first kappa shape index (κ1) is 12.4. The summed E-state index contributed by atoms with van der Waals surface area (Å²) in [5.74, 6) is 1.90. The van der Waals surface area contributed by atoms with E-state index in [4.69, 9.17) is 0 Å². The maximum absolute atomic E-state index is 3.71. The van der Waals surface area contributed by atoms with Gasteiger partial charge in [0.25, 0.3) is 0 Å². The summed E-state index contributed by atoms with van der Waals surface area (Å²) in [6.45, 7) is 9.89. The maximum Gasteiger partial charge on any atom is 0.0220 e. The highest BCUT2D eigenvalue weighted by Gasteiger charge is 2.27. The molecule has 0 aromatic carbocycles. The lowest BCUT2D eigenvalue weighted by Crippen LogP contribution is -2.48. The van der Waals surface area contributed by atoms with E-state index in [1.165, 1.54) is 58.3 Å². The van der Waals surface area contributed by atoms with E-state index in [1.54, 1.807) is 0 Å². The third-order valence-electron chi connectivity index (χ3n) is 4.14. The van der Waals surface area contributed by atoms with Gasteiger partial charge < -0.3 is 10.2 Å². The Morgan fingerprint density at radius 3 is 2.62 bits per heavy atom. The van der Waals surface area contributed by atoms with Gasteiger partial charge in [0.15, 0.2) is 0 Å². The molecular weight excluding hydrogens is 196 g/mol. The summed E-state index contributed by atoms with van der Waals surface area (Å²) in [6, 6.07) is 0.749. The fraction of sp³-hybridized carbons (Fsp3) is 1.00. The van der Waals surface area contributed by atoms with Crippen molar-refractivity contribution in [2.45, 2.75) is 52.0 Å². The summed E-state index contributed by atoms with van der Waals surface area (Å²) >= 11 is 0. The molecule has 2 atom stereocenters. The average molecular weight is 224 g/mol. The van der Waals surface area contributed by atoms with Crippen LogP contribution < -0.4 is 5.32 Å². The van der Waals surface area contributed by atoms with Crippen LogP contribution in [0.25, 0.3) is 0 Å². The van der Waals surface area contributed by atoms with E-state index in [2.05, 4.69) is 24.1 Å². The first-order valence-electron chi connectivity index (χ1n) is 7.25. The average Bonchev–Trinajstić information content (AvgIpc) is 3.06. The number of hydrogen-bond acceptors (Lipinski definition) is 2. The molecule has 0 aromatic heterocycles. The van der Waals surface area contributed by atoms with E-state index < -0.39 is 0 Å². The van der Waals surface area contributed by atoms with Gasteiger partial charge in [0.05, 0.1) is 0 Å². The molecule has 0 radical (unpaired) electrons. The van der Waals surface area contributed by atoms with Crippen molar-refractivity contribution in [3.63, 3.8) is 0 Å². The predicted molar refractivity (Wildman–Crippen MR) is 69.6 cm³/mol. The Kier molecular flexibility index (Phi) is 4.66. The fourth-order valence-electron chi connectivity index (χ4n) is 2.88. The SMILES string of the molecule is CCCN(CC1CC1)CC1NCCCC1C. The lowest BCUT2D eigenvalue weighted by Gasteiger charge is -2.34. The van der Waals surface area contributed by atoms with Crippen molar-refractivity contribution in [3.05, 3.63) is 0 Å². The van der Waals surface area contributed by atoms with Crippen LogP contribution in [0.1, 0.15) is 46.0 Å². The highest BCUT2D eigenvalue weighted by Crippen LogP contribution is 2.30. The molecule has 1 heterocycles. The number of nitrogens with one attached hydrogen (secondary N) is 1. The van der Waals surface area contributed by atoms with Gasteiger partial charge in [-0.15, -0.1) is 0 Å². The normalized spacial score (nSPS) is 30.9. The van der Waals surface area contributed by atoms with Crippen LogP contribution in [-0.2, 0) is 0 Å². The molecule has 94 valence electrons. The zero-order chi connectivity index (χ0) is 11.4. The fourth-order valence-corrected chi connectivity index (χ4v) is 2.88. The second kappa shape index (κ2) is 6.02. The highest BCUT2D eigenvalue weighted by atomic mass is 15.2. The third kappa shape index (κ3) is 3.74. The Labute approximate surface area is 101 Å². The van der Waals surface area contributed by atoms with Crippen LogP contribution in [0.2, 0.25) is 0 Å². The number of rotatable bonds is 6. The number of piperidine rings is 1. The Morgan fingerprint density at radius 2 is 2.00 bits per heavy atom. The van der Waals surface area contributed by atoms with Gasteiger partial charge in [-0.05, 0) is 57.0 Å². The van der Waals surface area contributed by atoms with Crippen molar-refractivity contribution in [2.24, 2.45) is 11.8 Å². The molecule has 1 N–H and O–H groups in total. The van der Waals surface area contributed by atoms with Gasteiger partial charge in [0.2, 0.25) is 0 Å². The minimum absolute atomic E-state index is 0.749. The summed E-state index contributed by atoms with van der Waals surface area (Å²) in [6.07, 6.45) is 7.05. The zero-order valence-corrected chi connectivity index (χ0v) is 11.0. The molecule has 2 rings (SSSR count). The second-order valence-corrected chi connectivity index (χ2v) is 5.88. The van der Waals surface area contributed by atoms with Crippen LogP contribution >= 0.6 is 0 Å². The molecule has 2 aliphatic rings. The largest absolute Gasteiger partial charge is 0.312 e. The van der Waals surface area contributed by atoms with Crippen LogP contribution in [-0.4, -0.2) is 37.1 Å². The lowest BCUT2D eigenvalue weighted by molar-refractivity contribution is 0.185. The quantitative estimate of drug-likeness (QED) is 0.746. The molecule has 1 aliphatic heterocycles. The van der Waals surface area contributed by atoms with E-state index >= 15 is 0 Å². The maximum atomic E-state index is 3.71. The van der Waals surface area contributed by atoms with Gasteiger partial charge in [-0.1, -0.05) is 13.8 Å². The summed E-state index contributed by atoms with van der Waals surface area (Å²) in [7, 11) is 0. The summed E-state index contributed by atoms with van der Waals surface area (Å²) < 4.78 is 0. The van der Waals surface area contributed by atoms with Crippen LogP contribution in [0, 0.1) is 11.8 Å². The molecule has 1 saturated carbocycles. The topological polar surface area (TPSA) is 15.3 Å². The van der Waals surface area contributed by atoms with Gasteiger partial charge in [-0.2, -0.15) is 0 Å². The van der Waals surface area contributed by atoms with Gasteiger partial charge >= 0.3 is 0 Å². The Bertz CT molecular complexity index is 201. The van der Waals surface area contributed by atoms with Crippen molar-refractivity contribution in [3.8, 4) is 0 Å². The van der Waals surface area contributed by atoms with Gasteiger partial charge in [-0.25, -0.2) is 0 Å². The Hall–Kier alpha value is -0.0800. The number of hydrogen-bond donors (Lipinski definition) is 1. The Morgan fingerprint density at radius 1 is 1.19 bits per heavy atom. The molecule has 16 heavy (non-hydrogen) atoms. The molecule has 0 spiro atoms. The lowest BCUT2D eigenvalue weighted by atomic mass is 9.92. The molecule has 2 nitrogen and oxygen atoms in total. The predicted octanol–water partition coefficient (Wildman–Crippen LogP) is 2.50. The molecule has 0 amide bonds. The summed E-state index contributed by atoms with van der Waals surface area (Å²) in [5.41, 5.74) is 0. The van der Waals surface area contributed by atoms with Crippen molar-refractivity contribution in [1.82, 2.24) is 10.2 Å². The smallest absolute Gasteiger partial charge is 0.0220 e. The molecule has 0 aromatic rings. The van der Waals surface area contributed by atoms with E-state index in [0.29, 0.717) is 0 Å². The van der Waals surface area contributed by atoms with Crippen LogP contribution in [0.4, 0.5) is 0 Å². The van der Waals surface area contributed by atoms with Crippen LogP contribution in [0.5, 0.6) is 0 Å². The van der Waals surface area contributed by atoms with Crippen molar-refractivity contribution in [1.29, 1.82) is 0 Å². The van der Waals surface area contributed by atoms with Gasteiger partial charge in [0, 0.05) is 19.1 Å². The van der Waals surface area contributed by atoms with Crippen LogP contribution in [0.15, 0.2) is 0 Å². The molecular formula is C14H28N2. The standard InChI is InChI=1S/C14H28N2/c1-3-9-16(10-13-6-7-13)11-14-12(2)5-4-8-15-14/h12-15H,3-11H2,1-2H3.